The van der Waals surface area contributed by atoms with Crippen LogP contribution in [-0.4, -0.2) is 15.8 Å². The molecule has 5 heteroatoms. The number of nitrogens with zero attached hydrogens (tertiary/aromatic N) is 4. The second kappa shape index (κ2) is 30.1. The number of rotatable bonds is 13. The van der Waals surface area contributed by atoms with E-state index in [0.717, 1.165) is 134 Å². The van der Waals surface area contributed by atoms with Crippen LogP contribution in [0.25, 0.3) is 155 Å². The molecule has 0 fully saturated rings. The van der Waals surface area contributed by atoms with Gasteiger partial charge in [0.25, 0.3) is 6.71 Å². The number of fused-ring (bicyclic) bond motifs is 10. The fourth-order valence-corrected chi connectivity index (χ4v) is 19.9. The molecule has 0 N–H and O–H groups in total. The molecule has 2 aliphatic heterocycles. The van der Waals surface area contributed by atoms with Gasteiger partial charge in [0.05, 0.1) is 33.4 Å². The third-order valence-electron chi connectivity index (χ3n) is 26.3. The first-order valence-corrected chi connectivity index (χ1v) is 44.0. The Morgan fingerprint density at radius 2 is 0.464 bits per heavy atom. The summed E-state index contributed by atoms with van der Waals surface area (Å²) in [4.78, 5) is 5.53. The zero-order chi connectivity index (χ0) is 84.6. The van der Waals surface area contributed by atoms with Crippen molar-refractivity contribution in [2.45, 2.75) is 78.6 Å². The van der Waals surface area contributed by atoms with E-state index in [-0.39, 0.29) is 17.5 Å². The highest BCUT2D eigenvalue weighted by Gasteiger charge is 2.47. The Hall–Kier alpha value is -14.8. The molecule has 0 atom stereocenters. The van der Waals surface area contributed by atoms with E-state index in [0.29, 0.717) is 0 Å². The summed E-state index contributed by atoms with van der Waals surface area (Å²) in [5.74, 6) is 0. The fraction of sp³-hybridized carbons (Fsp3) is 0.100. The van der Waals surface area contributed by atoms with Crippen LogP contribution in [0, 0.1) is 0 Å². The molecule has 4 nitrogen and oxygen atoms in total. The van der Waals surface area contributed by atoms with Crippen molar-refractivity contribution in [2.75, 3.05) is 9.80 Å². The normalized spacial score (nSPS) is 12.6. The molecular weight excluding hydrogens is 1510 g/mol. The van der Waals surface area contributed by atoms with Crippen LogP contribution < -0.4 is 26.2 Å². The van der Waals surface area contributed by atoms with E-state index in [1.165, 1.54) is 88.0 Å². The summed E-state index contributed by atoms with van der Waals surface area (Å²) in [6.07, 6.45) is 0. The molecule has 22 rings (SSSR count). The molecule has 125 heavy (non-hydrogen) atoms. The Bertz CT molecular complexity index is 7570. The van der Waals surface area contributed by atoms with Gasteiger partial charge in [0.15, 0.2) is 0 Å². The van der Waals surface area contributed by atoms with Gasteiger partial charge in [-0.3, -0.25) is 0 Å². The van der Waals surface area contributed by atoms with Gasteiger partial charge in [0.2, 0.25) is 0 Å². The maximum atomic E-state index is 2.77. The van der Waals surface area contributed by atoms with Gasteiger partial charge in [0.1, 0.15) is 0 Å². The molecule has 4 heterocycles. The van der Waals surface area contributed by atoms with Crippen LogP contribution in [0.4, 0.5) is 34.1 Å². The molecule has 0 spiro atoms. The van der Waals surface area contributed by atoms with Crippen LogP contribution in [0.3, 0.4) is 0 Å². The number of hydrogen-bond donors (Lipinski definition) is 0. The van der Waals surface area contributed by atoms with Crippen molar-refractivity contribution in [3.05, 3.63) is 429 Å². The minimum Gasteiger partial charge on any atom is -0.310 e. The average molecular weight is 1600 g/mol. The lowest BCUT2D eigenvalue weighted by molar-refractivity contribution is 0.590. The number of anilines is 6. The first kappa shape index (κ1) is 76.4. The molecule has 0 unspecified atom stereocenters. The summed E-state index contributed by atoms with van der Waals surface area (Å²) in [6, 6.07) is 157. The standard InChI is InChI=1S/C120H95BN4/c1-118(2,3)92-70-100(81-41-21-13-22-42-81)116(102(72-92)90-51-33-49-87(67-90)85-47-31-45-83(65-85)78-35-15-10-16-36-78)124-111-76-95(122-107-56-28-25-53-97(107)98-54-26-29-57-108(98)122)60-62-105(111)121-106-63-61-96(123-109-58-30-27-55-99(109)104-69-89(59-64-110(104)123)80-39-19-12-20-40-80)77-112(106)125(114-75-94(120(7,8)9)74-113(124)115(114)121)117-101(82-43-23-14-24-44-82)71-93(119(4,5)6)73-103(117)91-52-34-50-88(68-91)86-48-32-46-84(66-86)79-37-17-11-18-38-79/h10-77H,1-9H3. The molecule has 598 valence electrons. The molecule has 0 saturated carbocycles. The Morgan fingerprint density at radius 3 is 0.824 bits per heavy atom. The molecule has 20 aromatic rings. The summed E-state index contributed by atoms with van der Waals surface area (Å²) in [6.45, 7) is 21.2. The minimum absolute atomic E-state index is 0.270. The molecule has 18 aromatic carbocycles. The van der Waals surface area contributed by atoms with Crippen molar-refractivity contribution in [1.29, 1.82) is 0 Å². The van der Waals surface area contributed by atoms with Gasteiger partial charge in [-0.05, 0) is 242 Å². The van der Waals surface area contributed by atoms with Crippen LogP contribution in [-0.2, 0) is 16.2 Å². The quantitative estimate of drug-likeness (QED) is 0.107. The lowest BCUT2D eigenvalue weighted by Crippen LogP contribution is -2.61. The predicted molar refractivity (Wildman–Crippen MR) is 534 cm³/mol. The lowest BCUT2D eigenvalue weighted by Gasteiger charge is -2.47. The molecule has 0 aliphatic carbocycles. The average Bonchev–Trinajstić information content (AvgIpc) is 1.28. The number of hydrogen-bond acceptors (Lipinski definition) is 2. The lowest BCUT2D eigenvalue weighted by atomic mass is 9.33. The van der Waals surface area contributed by atoms with Crippen LogP contribution in [0.1, 0.15) is 79.0 Å². The second-order valence-electron chi connectivity index (χ2n) is 37.2. The summed E-state index contributed by atoms with van der Waals surface area (Å²) >= 11 is 0. The van der Waals surface area contributed by atoms with Crippen LogP contribution >= 0.6 is 0 Å². The molecule has 0 saturated heterocycles. The van der Waals surface area contributed by atoms with Gasteiger partial charge >= 0.3 is 0 Å². The summed E-state index contributed by atoms with van der Waals surface area (Å²) in [7, 11) is 0. The largest absolute Gasteiger partial charge is 0.310 e. The number of para-hydroxylation sites is 3. The second-order valence-corrected chi connectivity index (χ2v) is 37.2. The Kier molecular flexibility index (Phi) is 18.4. The zero-order valence-corrected chi connectivity index (χ0v) is 72.1. The van der Waals surface area contributed by atoms with E-state index in [2.05, 4.69) is 494 Å². The van der Waals surface area contributed by atoms with E-state index < -0.39 is 5.41 Å². The van der Waals surface area contributed by atoms with E-state index in [1.54, 1.807) is 0 Å². The maximum absolute atomic E-state index is 2.77. The van der Waals surface area contributed by atoms with E-state index in [1.807, 2.05) is 0 Å². The molecule has 0 amide bonds. The van der Waals surface area contributed by atoms with Gasteiger partial charge in [0, 0.05) is 77.9 Å². The van der Waals surface area contributed by atoms with Crippen molar-refractivity contribution in [1.82, 2.24) is 9.13 Å². The predicted octanol–water partition coefficient (Wildman–Crippen LogP) is 30.9. The number of benzene rings is 18. The fourth-order valence-electron chi connectivity index (χ4n) is 19.9. The highest BCUT2D eigenvalue weighted by molar-refractivity contribution is 7.00. The zero-order valence-electron chi connectivity index (χ0n) is 72.1. The van der Waals surface area contributed by atoms with Gasteiger partial charge in [-0.2, -0.15) is 0 Å². The third kappa shape index (κ3) is 13.3. The summed E-state index contributed by atoms with van der Waals surface area (Å²) in [5, 5.41) is 4.84. The first-order valence-electron chi connectivity index (χ1n) is 44.0. The van der Waals surface area contributed by atoms with Crippen molar-refractivity contribution in [3.63, 3.8) is 0 Å². The van der Waals surface area contributed by atoms with Gasteiger partial charge < -0.3 is 18.9 Å². The highest BCUT2D eigenvalue weighted by Crippen LogP contribution is 2.57. The summed E-state index contributed by atoms with van der Waals surface area (Å²) in [5.41, 5.74) is 40.6. The van der Waals surface area contributed by atoms with E-state index in [4.69, 9.17) is 0 Å². The van der Waals surface area contributed by atoms with Crippen LogP contribution in [0.2, 0.25) is 0 Å². The maximum Gasteiger partial charge on any atom is 0.252 e. The smallest absolute Gasteiger partial charge is 0.252 e. The minimum atomic E-state index is -0.402. The summed E-state index contributed by atoms with van der Waals surface area (Å²) < 4.78 is 5.06. The van der Waals surface area contributed by atoms with Crippen molar-refractivity contribution in [3.8, 4) is 112 Å². The molecule has 0 radical (unpaired) electrons. The molecule has 0 bridgehead atoms. The number of aromatic nitrogens is 2. The molecule has 2 aromatic heterocycles. The van der Waals surface area contributed by atoms with Crippen molar-refractivity contribution in [2.24, 2.45) is 0 Å². The van der Waals surface area contributed by atoms with Gasteiger partial charge in [-0.25, -0.2) is 0 Å². The first-order chi connectivity index (χ1) is 60.9. The Balaban J connectivity index is 0.891. The highest BCUT2D eigenvalue weighted by atomic mass is 15.2. The van der Waals surface area contributed by atoms with E-state index >= 15 is 0 Å². The molecule has 2 aliphatic rings. The molecular formula is C120H95BN4. The van der Waals surface area contributed by atoms with Gasteiger partial charge in [-0.15, -0.1) is 0 Å². The van der Waals surface area contributed by atoms with Crippen LogP contribution in [0.15, 0.2) is 413 Å². The Labute approximate surface area is 734 Å². The van der Waals surface area contributed by atoms with Crippen molar-refractivity contribution < 1.29 is 0 Å². The van der Waals surface area contributed by atoms with Gasteiger partial charge in [-0.1, -0.05) is 360 Å². The third-order valence-corrected chi connectivity index (χ3v) is 26.3. The topological polar surface area (TPSA) is 16.3 Å². The van der Waals surface area contributed by atoms with E-state index in [9.17, 15) is 0 Å². The van der Waals surface area contributed by atoms with Crippen LogP contribution in [0.5, 0.6) is 0 Å². The Morgan fingerprint density at radius 1 is 0.192 bits per heavy atom. The monoisotopic (exact) mass is 1600 g/mol. The van der Waals surface area contributed by atoms with Crippen molar-refractivity contribution >= 4 is 101 Å². The SMILES string of the molecule is CC(C)(C)c1cc(-c2ccccc2)c(N2c3cc(-n4c5ccccc5c5ccccc54)ccc3B3c4ccc(-n5c6ccccc6c6cc(-c7ccccc7)ccc65)cc4N(c4c(-c5ccccc5)cc(C(C)(C)C)cc4-c4cccc(-c5cccc(-c6ccccc6)c5)c4)c4cc(C(C)(C)C)cc2c43)c(-c2cccc(-c3cccc(-c4ccccc4)c3)c2)c1.